The first-order chi connectivity index (χ1) is 7.92. The summed E-state index contributed by atoms with van der Waals surface area (Å²) in [6, 6.07) is -0.0330. The van der Waals surface area contributed by atoms with Gasteiger partial charge < -0.3 is 15.4 Å². The smallest absolute Gasteiger partial charge is 0.407 e. The maximum absolute atomic E-state index is 12.4. The number of carbonyl (C=O) groups is 1. The van der Waals surface area contributed by atoms with Gasteiger partial charge in [-0.3, -0.25) is 4.39 Å². The van der Waals surface area contributed by atoms with Crippen molar-refractivity contribution in [3.05, 3.63) is 0 Å². The molecule has 17 heavy (non-hydrogen) atoms. The van der Waals surface area contributed by atoms with E-state index in [0.717, 1.165) is 13.0 Å². The quantitative estimate of drug-likeness (QED) is 0.799. The molecule has 4 nitrogen and oxygen atoms in total. The Morgan fingerprint density at radius 3 is 2.82 bits per heavy atom. The van der Waals surface area contributed by atoms with Crippen LogP contribution in [0.25, 0.3) is 0 Å². The summed E-state index contributed by atoms with van der Waals surface area (Å²) in [7, 11) is 0. The van der Waals surface area contributed by atoms with Crippen molar-refractivity contribution < 1.29 is 13.9 Å². The number of alkyl halides is 1. The summed E-state index contributed by atoms with van der Waals surface area (Å²) < 4.78 is 17.6. The summed E-state index contributed by atoms with van der Waals surface area (Å²) in [6.45, 7) is 6.71. The molecule has 2 unspecified atom stereocenters. The van der Waals surface area contributed by atoms with Gasteiger partial charge in [0, 0.05) is 12.6 Å². The Balaban J connectivity index is 2.44. The topological polar surface area (TPSA) is 50.4 Å². The number of rotatable bonds is 3. The molecule has 0 aromatic heterocycles. The highest BCUT2D eigenvalue weighted by molar-refractivity contribution is 5.68. The highest BCUT2D eigenvalue weighted by atomic mass is 19.1. The van der Waals surface area contributed by atoms with Crippen LogP contribution in [0, 0.1) is 5.92 Å². The Bertz CT molecular complexity index is 251. The van der Waals surface area contributed by atoms with Gasteiger partial charge in [-0.1, -0.05) is 0 Å². The van der Waals surface area contributed by atoms with Crippen LogP contribution >= 0.6 is 0 Å². The van der Waals surface area contributed by atoms with Crippen LogP contribution in [0.1, 0.15) is 33.6 Å². The number of ether oxygens (including phenoxy) is 1. The summed E-state index contributed by atoms with van der Waals surface area (Å²) in [5.41, 5.74) is -0.498. The lowest BCUT2D eigenvalue weighted by molar-refractivity contribution is 0.0471. The van der Waals surface area contributed by atoms with E-state index in [0.29, 0.717) is 13.0 Å². The fourth-order valence-electron chi connectivity index (χ4n) is 2.03. The summed E-state index contributed by atoms with van der Waals surface area (Å²) in [5.74, 6) is 0.203. The monoisotopic (exact) mass is 246 g/mol. The number of piperidine rings is 1. The van der Waals surface area contributed by atoms with Gasteiger partial charge >= 0.3 is 6.09 Å². The van der Waals surface area contributed by atoms with Crippen LogP contribution < -0.4 is 10.6 Å². The maximum atomic E-state index is 12.4. The van der Waals surface area contributed by atoms with Crippen molar-refractivity contribution in [3.63, 3.8) is 0 Å². The molecule has 0 radical (unpaired) electrons. The van der Waals surface area contributed by atoms with Gasteiger partial charge in [0.15, 0.2) is 0 Å². The fraction of sp³-hybridized carbons (Fsp3) is 0.917. The van der Waals surface area contributed by atoms with Crippen LogP contribution in [-0.4, -0.2) is 37.5 Å². The zero-order valence-electron chi connectivity index (χ0n) is 10.9. The van der Waals surface area contributed by atoms with E-state index in [1.807, 2.05) is 20.8 Å². The second-order valence-electron chi connectivity index (χ2n) is 5.48. The molecular formula is C12H23FN2O2. The Morgan fingerprint density at radius 1 is 1.53 bits per heavy atom. The molecule has 1 heterocycles. The van der Waals surface area contributed by atoms with Crippen molar-refractivity contribution in [2.45, 2.75) is 45.3 Å². The second kappa shape index (κ2) is 6.19. The van der Waals surface area contributed by atoms with Gasteiger partial charge in [-0.2, -0.15) is 0 Å². The highest BCUT2D eigenvalue weighted by Gasteiger charge is 2.27. The molecule has 1 rings (SSSR count). The van der Waals surface area contributed by atoms with Gasteiger partial charge in [-0.25, -0.2) is 4.79 Å². The molecular weight excluding hydrogens is 223 g/mol. The molecule has 1 amide bonds. The predicted molar refractivity (Wildman–Crippen MR) is 64.7 cm³/mol. The standard InChI is InChI=1S/C12H23FN2O2/c1-12(2,3)17-11(16)15-10-8-14-7-5-9(10)4-6-13/h9-10,14H,4-8H2,1-3H3,(H,15,16). The van der Waals surface area contributed by atoms with E-state index in [4.69, 9.17) is 4.74 Å². The molecule has 2 atom stereocenters. The third-order valence-electron chi connectivity index (χ3n) is 2.81. The van der Waals surface area contributed by atoms with Gasteiger partial charge in [-0.15, -0.1) is 0 Å². The molecule has 1 saturated heterocycles. The van der Waals surface area contributed by atoms with Crippen molar-refractivity contribution in [1.82, 2.24) is 10.6 Å². The minimum absolute atomic E-state index is 0.0330. The van der Waals surface area contributed by atoms with Gasteiger partial charge in [0.2, 0.25) is 0 Å². The zero-order valence-corrected chi connectivity index (χ0v) is 10.9. The average Bonchev–Trinajstić information content (AvgIpc) is 2.18. The average molecular weight is 246 g/mol. The second-order valence-corrected chi connectivity index (χ2v) is 5.48. The first-order valence-electron chi connectivity index (χ1n) is 6.18. The van der Waals surface area contributed by atoms with Crippen LogP contribution in [-0.2, 0) is 4.74 Å². The SMILES string of the molecule is CC(C)(C)OC(=O)NC1CNCCC1CCF. The molecule has 0 aromatic rings. The molecule has 5 heteroatoms. The molecule has 0 aliphatic carbocycles. The van der Waals surface area contributed by atoms with Crippen molar-refractivity contribution in [2.75, 3.05) is 19.8 Å². The Morgan fingerprint density at radius 2 is 2.24 bits per heavy atom. The van der Waals surface area contributed by atoms with Crippen molar-refractivity contribution in [1.29, 1.82) is 0 Å². The van der Waals surface area contributed by atoms with Gasteiger partial charge in [0.05, 0.1) is 6.67 Å². The van der Waals surface area contributed by atoms with Crippen LogP contribution in [0.3, 0.4) is 0 Å². The van der Waals surface area contributed by atoms with Crippen molar-refractivity contribution in [3.8, 4) is 0 Å². The third-order valence-corrected chi connectivity index (χ3v) is 2.81. The normalized spacial score (nSPS) is 25.4. The van der Waals surface area contributed by atoms with Crippen LogP contribution in [0.15, 0.2) is 0 Å². The number of alkyl carbamates (subject to hydrolysis) is 1. The lowest BCUT2D eigenvalue weighted by atomic mass is 9.90. The number of nitrogens with one attached hydrogen (secondary N) is 2. The molecule has 1 aliphatic heterocycles. The van der Waals surface area contributed by atoms with Crippen LogP contribution in [0.4, 0.5) is 9.18 Å². The molecule has 100 valence electrons. The number of hydrogen-bond acceptors (Lipinski definition) is 3. The van der Waals surface area contributed by atoms with Crippen LogP contribution in [0.5, 0.6) is 0 Å². The van der Waals surface area contributed by atoms with E-state index in [1.165, 1.54) is 0 Å². The number of halogens is 1. The van der Waals surface area contributed by atoms with Gasteiger partial charge in [0.25, 0.3) is 0 Å². The largest absolute Gasteiger partial charge is 0.444 e. The summed E-state index contributed by atoms with van der Waals surface area (Å²) in [4.78, 5) is 11.6. The van der Waals surface area contributed by atoms with E-state index in [9.17, 15) is 9.18 Å². The molecule has 1 aliphatic rings. The molecule has 0 aromatic carbocycles. The number of hydrogen-bond donors (Lipinski definition) is 2. The molecule has 1 fully saturated rings. The van der Waals surface area contributed by atoms with Crippen molar-refractivity contribution in [2.24, 2.45) is 5.92 Å². The molecule has 0 bridgehead atoms. The zero-order chi connectivity index (χ0) is 12.9. The van der Waals surface area contributed by atoms with Crippen LogP contribution in [0.2, 0.25) is 0 Å². The minimum Gasteiger partial charge on any atom is -0.444 e. The fourth-order valence-corrected chi connectivity index (χ4v) is 2.03. The van der Waals surface area contributed by atoms with E-state index < -0.39 is 11.7 Å². The lowest BCUT2D eigenvalue weighted by Crippen LogP contribution is -2.52. The van der Waals surface area contributed by atoms with Crippen molar-refractivity contribution >= 4 is 6.09 Å². The Hall–Kier alpha value is -0.840. The first kappa shape index (κ1) is 14.2. The lowest BCUT2D eigenvalue weighted by Gasteiger charge is -2.33. The maximum Gasteiger partial charge on any atom is 0.407 e. The molecule has 2 N–H and O–H groups in total. The molecule has 0 saturated carbocycles. The van der Waals surface area contributed by atoms with E-state index in [-0.39, 0.29) is 18.6 Å². The Kier molecular flexibility index (Phi) is 5.18. The summed E-state index contributed by atoms with van der Waals surface area (Å²) in [6.07, 6.45) is 0.974. The summed E-state index contributed by atoms with van der Waals surface area (Å²) >= 11 is 0. The number of carbonyl (C=O) groups excluding carboxylic acids is 1. The Labute approximate surface area is 102 Å². The van der Waals surface area contributed by atoms with E-state index in [2.05, 4.69) is 10.6 Å². The number of amides is 1. The van der Waals surface area contributed by atoms with E-state index in [1.54, 1.807) is 0 Å². The highest BCUT2D eigenvalue weighted by Crippen LogP contribution is 2.17. The van der Waals surface area contributed by atoms with Gasteiger partial charge in [-0.05, 0) is 46.1 Å². The van der Waals surface area contributed by atoms with E-state index >= 15 is 0 Å². The third kappa shape index (κ3) is 5.35. The molecule has 0 spiro atoms. The summed E-state index contributed by atoms with van der Waals surface area (Å²) in [5, 5.41) is 6.02. The minimum atomic E-state index is -0.498. The predicted octanol–water partition coefficient (Wildman–Crippen LogP) is 1.85. The first-order valence-corrected chi connectivity index (χ1v) is 6.18. The van der Waals surface area contributed by atoms with Gasteiger partial charge in [0.1, 0.15) is 5.60 Å².